The first-order valence-electron chi connectivity index (χ1n) is 6.00. The zero-order valence-corrected chi connectivity index (χ0v) is 9.68. The molecular weight excluding hydrogens is 226 g/mol. The van der Waals surface area contributed by atoms with Gasteiger partial charge in [0.15, 0.2) is 0 Å². The van der Waals surface area contributed by atoms with Crippen LogP contribution in [0.1, 0.15) is 17.7 Å². The SMILES string of the molecule is C1=Cc2oc3cc(-c4cn[nH]n4)ccc3c2CC1. The molecule has 2 heterocycles. The van der Waals surface area contributed by atoms with Crippen molar-refractivity contribution in [1.82, 2.24) is 15.4 Å². The first kappa shape index (κ1) is 9.65. The van der Waals surface area contributed by atoms with Crippen LogP contribution in [0.15, 0.2) is 34.9 Å². The molecule has 1 N–H and O–H groups in total. The molecule has 4 nitrogen and oxygen atoms in total. The van der Waals surface area contributed by atoms with Gasteiger partial charge in [-0.15, -0.1) is 0 Å². The molecule has 0 radical (unpaired) electrons. The van der Waals surface area contributed by atoms with E-state index >= 15 is 0 Å². The molecule has 0 fully saturated rings. The molecule has 0 saturated carbocycles. The minimum atomic E-state index is 0.835. The minimum absolute atomic E-state index is 0.835. The van der Waals surface area contributed by atoms with Gasteiger partial charge in [-0.05, 0) is 25.0 Å². The summed E-state index contributed by atoms with van der Waals surface area (Å²) >= 11 is 0. The van der Waals surface area contributed by atoms with Gasteiger partial charge in [0.2, 0.25) is 0 Å². The number of nitrogens with zero attached hydrogens (tertiary/aromatic N) is 2. The van der Waals surface area contributed by atoms with Crippen molar-refractivity contribution < 1.29 is 4.42 Å². The molecule has 0 saturated heterocycles. The number of H-pyrrole nitrogens is 1. The Morgan fingerprint density at radius 2 is 2.28 bits per heavy atom. The standard InChI is InChI=1S/C14H11N3O/c1-2-4-13-10(3-1)11-6-5-9(7-14(11)18-13)12-8-15-17-16-12/h2,4-8H,1,3H2,(H,15,16,17). The maximum absolute atomic E-state index is 5.88. The Hall–Kier alpha value is -2.36. The predicted octanol–water partition coefficient (Wildman–Crippen LogP) is 3.18. The second-order valence-electron chi connectivity index (χ2n) is 4.45. The fourth-order valence-electron chi connectivity index (χ4n) is 2.48. The fourth-order valence-corrected chi connectivity index (χ4v) is 2.48. The molecule has 3 aromatic rings. The number of fused-ring (bicyclic) bond motifs is 3. The normalized spacial score (nSPS) is 14.0. The maximum atomic E-state index is 5.88. The molecule has 2 aromatic heterocycles. The highest BCUT2D eigenvalue weighted by Gasteiger charge is 2.15. The third-order valence-corrected chi connectivity index (χ3v) is 3.37. The van der Waals surface area contributed by atoms with Crippen molar-refractivity contribution >= 4 is 17.0 Å². The van der Waals surface area contributed by atoms with Gasteiger partial charge in [-0.2, -0.15) is 15.4 Å². The van der Waals surface area contributed by atoms with Crippen LogP contribution in [0.5, 0.6) is 0 Å². The predicted molar refractivity (Wildman–Crippen MR) is 68.9 cm³/mol. The van der Waals surface area contributed by atoms with E-state index in [1.165, 1.54) is 10.9 Å². The number of benzene rings is 1. The molecule has 1 aliphatic carbocycles. The first-order valence-corrected chi connectivity index (χ1v) is 6.00. The summed E-state index contributed by atoms with van der Waals surface area (Å²) in [6, 6.07) is 6.20. The largest absolute Gasteiger partial charge is 0.456 e. The lowest BCUT2D eigenvalue weighted by Gasteiger charge is -2.02. The van der Waals surface area contributed by atoms with Crippen molar-refractivity contribution in [2.45, 2.75) is 12.8 Å². The van der Waals surface area contributed by atoms with Crippen LogP contribution >= 0.6 is 0 Å². The number of aromatic nitrogens is 3. The summed E-state index contributed by atoms with van der Waals surface area (Å²) in [5.74, 6) is 0.994. The molecule has 4 rings (SSSR count). The molecule has 0 unspecified atom stereocenters. The first-order chi connectivity index (χ1) is 8.92. The molecule has 0 amide bonds. The zero-order chi connectivity index (χ0) is 11.9. The maximum Gasteiger partial charge on any atom is 0.135 e. The second kappa shape index (κ2) is 3.57. The van der Waals surface area contributed by atoms with E-state index in [4.69, 9.17) is 4.42 Å². The number of rotatable bonds is 1. The number of hydrogen-bond acceptors (Lipinski definition) is 3. The van der Waals surface area contributed by atoms with E-state index in [2.05, 4.69) is 39.7 Å². The third-order valence-electron chi connectivity index (χ3n) is 3.37. The Balaban J connectivity index is 1.94. The van der Waals surface area contributed by atoms with Crippen molar-refractivity contribution in [3.63, 3.8) is 0 Å². The lowest BCUT2D eigenvalue weighted by Crippen LogP contribution is -1.88. The zero-order valence-electron chi connectivity index (χ0n) is 9.68. The number of aromatic amines is 1. The van der Waals surface area contributed by atoms with Gasteiger partial charge in [-0.1, -0.05) is 18.2 Å². The number of nitrogens with one attached hydrogen (secondary N) is 1. The lowest BCUT2D eigenvalue weighted by molar-refractivity contribution is 0.595. The Morgan fingerprint density at radius 1 is 1.28 bits per heavy atom. The molecule has 88 valence electrons. The van der Waals surface area contributed by atoms with Gasteiger partial charge in [0.1, 0.15) is 17.0 Å². The summed E-state index contributed by atoms with van der Waals surface area (Å²) in [7, 11) is 0. The lowest BCUT2D eigenvalue weighted by atomic mass is 10.00. The Morgan fingerprint density at radius 3 is 3.17 bits per heavy atom. The van der Waals surface area contributed by atoms with Crippen molar-refractivity contribution in [3.8, 4) is 11.3 Å². The van der Waals surface area contributed by atoms with E-state index in [0.717, 1.165) is 35.4 Å². The molecule has 1 aromatic carbocycles. The summed E-state index contributed by atoms with van der Waals surface area (Å²) < 4.78 is 5.88. The molecule has 0 atom stereocenters. The van der Waals surface area contributed by atoms with E-state index < -0.39 is 0 Å². The van der Waals surface area contributed by atoms with Crippen LogP contribution in [0.3, 0.4) is 0 Å². The minimum Gasteiger partial charge on any atom is -0.456 e. The molecular formula is C14H11N3O. The highest BCUT2D eigenvalue weighted by atomic mass is 16.3. The number of allylic oxidation sites excluding steroid dienone is 1. The van der Waals surface area contributed by atoms with Gasteiger partial charge in [0.05, 0.1) is 6.20 Å². The highest BCUT2D eigenvalue weighted by molar-refractivity contribution is 5.88. The van der Waals surface area contributed by atoms with Gasteiger partial charge in [-0.3, -0.25) is 0 Å². The van der Waals surface area contributed by atoms with E-state index in [-0.39, 0.29) is 0 Å². The third kappa shape index (κ3) is 1.32. The smallest absolute Gasteiger partial charge is 0.135 e. The van der Waals surface area contributed by atoms with Crippen molar-refractivity contribution in [1.29, 1.82) is 0 Å². The number of hydrogen-bond donors (Lipinski definition) is 1. The van der Waals surface area contributed by atoms with Gasteiger partial charge in [-0.25, -0.2) is 0 Å². The van der Waals surface area contributed by atoms with Crippen molar-refractivity contribution in [2.24, 2.45) is 0 Å². The van der Waals surface area contributed by atoms with Gasteiger partial charge < -0.3 is 4.42 Å². The summed E-state index contributed by atoms with van der Waals surface area (Å²) in [5.41, 5.74) is 4.10. The van der Waals surface area contributed by atoms with Gasteiger partial charge in [0, 0.05) is 16.5 Å². The summed E-state index contributed by atoms with van der Waals surface area (Å²) in [5, 5.41) is 11.7. The van der Waals surface area contributed by atoms with Crippen LogP contribution in [-0.4, -0.2) is 15.4 Å². The topological polar surface area (TPSA) is 54.7 Å². The van der Waals surface area contributed by atoms with Crippen LogP contribution in [-0.2, 0) is 6.42 Å². The van der Waals surface area contributed by atoms with Crippen molar-refractivity contribution in [2.75, 3.05) is 0 Å². The highest BCUT2D eigenvalue weighted by Crippen LogP contribution is 2.33. The monoisotopic (exact) mass is 237 g/mol. The van der Waals surface area contributed by atoms with Gasteiger partial charge >= 0.3 is 0 Å². The van der Waals surface area contributed by atoms with E-state index in [9.17, 15) is 0 Å². The van der Waals surface area contributed by atoms with Crippen LogP contribution in [0.4, 0.5) is 0 Å². The average molecular weight is 237 g/mol. The van der Waals surface area contributed by atoms with E-state index in [0.29, 0.717) is 0 Å². The van der Waals surface area contributed by atoms with Crippen LogP contribution < -0.4 is 0 Å². The molecule has 1 aliphatic rings. The summed E-state index contributed by atoms with van der Waals surface area (Å²) in [4.78, 5) is 0. The molecule has 0 spiro atoms. The van der Waals surface area contributed by atoms with Crippen LogP contribution in [0, 0.1) is 0 Å². The number of furan rings is 1. The Kier molecular flexibility index (Phi) is 1.91. The Bertz CT molecular complexity index is 738. The van der Waals surface area contributed by atoms with E-state index in [1.807, 2.05) is 6.07 Å². The number of aryl methyl sites for hydroxylation is 1. The van der Waals surface area contributed by atoms with E-state index in [1.54, 1.807) is 6.20 Å². The second-order valence-corrected chi connectivity index (χ2v) is 4.45. The molecule has 0 bridgehead atoms. The fraction of sp³-hybridized carbons (Fsp3) is 0.143. The summed E-state index contributed by atoms with van der Waals surface area (Å²) in [6.45, 7) is 0. The Labute approximate surface area is 103 Å². The van der Waals surface area contributed by atoms with Crippen LogP contribution in [0.2, 0.25) is 0 Å². The quantitative estimate of drug-likeness (QED) is 0.707. The van der Waals surface area contributed by atoms with Crippen LogP contribution in [0.25, 0.3) is 28.3 Å². The molecule has 4 heteroatoms. The molecule has 0 aliphatic heterocycles. The van der Waals surface area contributed by atoms with Gasteiger partial charge in [0.25, 0.3) is 0 Å². The summed E-state index contributed by atoms with van der Waals surface area (Å²) in [6.07, 6.45) is 8.08. The average Bonchev–Trinajstić information content (AvgIpc) is 3.05. The van der Waals surface area contributed by atoms with Crippen molar-refractivity contribution in [3.05, 3.63) is 41.8 Å². The molecule has 18 heavy (non-hydrogen) atoms.